The van der Waals surface area contributed by atoms with Crippen LogP contribution in [0, 0.1) is 10.8 Å². The molecule has 1 nitrogen and oxygen atoms in total. The molecule has 0 rings (SSSR count). The molecule has 0 N–H and O–H groups in total. The molecule has 1 unspecified atom stereocenters. The van der Waals surface area contributed by atoms with Gasteiger partial charge in [-0.1, -0.05) is 33.8 Å². The lowest BCUT2D eigenvalue weighted by Crippen LogP contribution is -2.36. The van der Waals surface area contributed by atoms with Crippen LogP contribution in [-0.4, -0.2) is 5.78 Å². The van der Waals surface area contributed by atoms with E-state index >= 15 is 0 Å². The van der Waals surface area contributed by atoms with E-state index in [0.717, 1.165) is 12.8 Å². The molecular weight excluding hydrogens is 160 g/mol. The molecule has 0 fully saturated rings. The highest BCUT2D eigenvalue weighted by atomic mass is 16.1. The zero-order valence-corrected chi connectivity index (χ0v) is 9.61. The Bertz CT molecular complexity index is 203. The molecule has 0 aromatic heterocycles. The molecule has 0 radical (unpaired) electrons. The number of Topliss-reactive ketones (excluding diaryl/α,β-unsaturated/α-hetero) is 1. The van der Waals surface area contributed by atoms with Crippen molar-refractivity contribution in [2.24, 2.45) is 10.8 Å². The van der Waals surface area contributed by atoms with Crippen LogP contribution in [0.5, 0.6) is 0 Å². The van der Waals surface area contributed by atoms with Crippen LogP contribution in [0.3, 0.4) is 0 Å². The van der Waals surface area contributed by atoms with E-state index in [9.17, 15) is 4.79 Å². The molecular formula is C12H22O. The Hall–Kier alpha value is -0.590. The van der Waals surface area contributed by atoms with Crippen molar-refractivity contribution in [3.05, 3.63) is 12.7 Å². The highest BCUT2D eigenvalue weighted by Gasteiger charge is 2.37. The summed E-state index contributed by atoms with van der Waals surface area (Å²) in [5.74, 6) is 0.306. The number of carbonyl (C=O) groups excluding carboxylic acids is 1. The Balaban J connectivity index is 4.86. The van der Waals surface area contributed by atoms with E-state index in [1.54, 1.807) is 6.08 Å². The van der Waals surface area contributed by atoms with Crippen LogP contribution >= 0.6 is 0 Å². The monoisotopic (exact) mass is 182 g/mol. The van der Waals surface area contributed by atoms with Gasteiger partial charge in [0.05, 0.1) is 0 Å². The summed E-state index contributed by atoms with van der Waals surface area (Å²) in [6.07, 6.45) is 3.50. The Morgan fingerprint density at radius 2 is 1.69 bits per heavy atom. The van der Waals surface area contributed by atoms with E-state index in [4.69, 9.17) is 0 Å². The first kappa shape index (κ1) is 12.4. The summed E-state index contributed by atoms with van der Waals surface area (Å²) in [4.78, 5) is 12.1. The van der Waals surface area contributed by atoms with Gasteiger partial charge in [-0.3, -0.25) is 4.79 Å². The van der Waals surface area contributed by atoms with Gasteiger partial charge in [-0.15, -0.1) is 6.58 Å². The minimum absolute atomic E-state index is 0.223. The summed E-state index contributed by atoms with van der Waals surface area (Å²) in [5, 5.41) is 0. The van der Waals surface area contributed by atoms with Gasteiger partial charge in [0.2, 0.25) is 0 Å². The van der Waals surface area contributed by atoms with Gasteiger partial charge in [-0.05, 0) is 19.8 Å². The predicted molar refractivity (Wildman–Crippen MR) is 57.7 cm³/mol. The van der Waals surface area contributed by atoms with Crippen molar-refractivity contribution < 1.29 is 4.79 Å². The molecule has 0 aromatic rings. The third kappa shape index (κ3) is 2.43. The molecule has 0 spiro atoms. The molecule has 0 aliphatic rings. The van der Waals surface area contributed by atoms with Gasteiger partial charge in [0.25, 0.3) is 0 Å². The second-order valence-corrected chi connectivity index (χ2v) is 4.54. The van der Waals surface area contributed by atoms with Crippen LogP contribution in [0.4, 0.5) is 0 Å². The van der Waals surface area contributed by atoms with E-state index < -0.39 is 0 Å². The van der Waals surface area contributed by atoms with Crippen LogP contribution in [0.25, 0.3) is 0 Å². The van der Waals surface area contributed by atoms with E-state index in [2.05, 4.69) is 13.5 Å². The van der Waals surface area contributed by atoms with Gasteiger partial charge >= 0.3 is 0 Å². The van der Waals surface area contributed by atoms with E-state index in [1.807, 2.05) is 27.7 Å². The maximum Gasteiger partial charge on any atom is 0.148 e. The molecule has 1 heteroatoms. The number of hydrogen-bond acceptors (Lipinski definition) is 1. The predicted octanol–water partition coefficient (Wildman–Crippen LogP) is 3.59. The number of rotatable bonds is 5. The summed E-state index contributed by atoms with van der Waals surface area (Å²) in [5.41, 5.74) is -0.571. The summed E-state index contributed by atoms with van der Waals surface area (Å²) >= 11 is 0. The first-order valence-corrected chi connectivity index (χ1v) is 5.02. The number of carbonyl (C=O) groups is 1. The lowest BCUT2D eigenvalue weighted by atomic mass is 9.70. The Labute approximate surface area is 82.2 Å². The van der Waals surface area contributed by atoms with Gasteiger partial charge in [-0.25, -0.2) is 0 Å². The topological polar surface area (TPSA) is 17.1 Å². The van der Waals surface area contributed by atoms with E-state index in [0.29, 0.717) is 5.78 Å². The normalized spacial score (nSPS) is 16.4. The molecule has 0 aromatic carbocycles. The van der Waals surface area contributed by atoms with Crippen molar-refractivity contribution in [3.8, 4) is 0 Å². The zero-order chi connectivity index (χ0) is 10.7. The second-order valence-electron chi connectivity index (χ2n) is 4.54. The first-order valence-electron chi connectivity index (χ1n) is 5.02. The lowest BCUT2D eigenvalue weighted by Gasteiger charge is -2.32. The second kappa shape index (κ2) is 4.08. The number of allylic oxidation sites excluding steroid dienone is 1. The minimum Gasteiger partial charge on any atom is -0.298 e. The van der Waals surface area contributed by atoms with Crippen molar-refractivity contribution >= 4 is 5.78 Å². The SMILES string of the molecule is C=CC(C)(CC)C(=O)C(C)(C)CC. The zero-order valence-electron chi connectivity index (χ0n) is 9.61. The van der Waals surface area contributed by atoms with Crippen molar-refractivity contribution in [2.75, 3.05) is 0 Å². The van der Waals surface area contributed by atoms with Crippen molar-refractivity contribution in [1.29, 1.82) is 0 Å². The van der Waals surface area contributed by atoms with E-state index in [1.165, 1.54) is 0 Å². The molecule has 0 saturated heterocycles. The summed E-state index contributed by atoms with van der Waals surface area (Å²) in [6, 6.07) is 0. The van der Waals surface area contributed by atoms with Gasteiger partial charge in [0, 0.05) is 10.8 Å². The molecule has 76 valence electrons. The maximum absolute atomic E-state index is 12.1. The first-order chi connectivity index (χ1) is 5.84. The Morgan fingerprint density at radius 1 is 1.23 bits per heavy atom. The summed E-state index contributed by atoms with van der Waals surface area (Å²) in [7, 11) is 0. The fraction of sp³-hybridized carbons (Fsp3) is 0.750. The van der Waals surface area contributed by atoms with Crippen LogP contribution in [0.2, 0.25) is 0 Å². The van der Waals surface area contributed by atoms with Gasteiger partial charge < -0.3 is 0 Å². The molecule has 0 aliphatic carbocycles. The highest BCUT2D eigenvalue weighted by Crippen LogP contribution is 2.35. The van der Waals surface area contributed by atoms with E-state index in [-0.39, 0.29) is 10.8 Å². The molecule has 1 atom stereocenters. The van der Waals surface area contributed by atoms with Gasteiger partial charge in [0.1, 0.15) is 5.78 Å². The van der Waals surface area contributed by atoms with Crippen LogP contribution in [0.15, 0.2) is 12.7 Å². The van der Waals surface area contributed by atoms with Gasteiger partial charge in [0.15, 0.2) is 0 Å². The third-order valence-electron chi connectivity index (χ3n) is 3.20. The molecule has 0 aliphatic heterocycles. The fourth-order valence-electron chi connectivity index (χ4n) is 1.33. The lowest BCUT2D eigenvalue weighted by molar-refractivity contribution is -0.134. The molecule has 0 heterocycles. The molecule has 0 amide bonds. The molecule has 13 heavy (non-hydrogen) atoms. The fourth-order valence-corrected chi connectivity index (χ4v) is 1.33. The Kier molecular flexibility index (Phi) is 3.89. The van der Waals surface area contributed by atoms with Crippen molar-refractivity contribution in [3.63, 3.8) is 0 Å². The Morgan fingerprint density at radius 3 is 1.92 bits per heavy atom. The van der Waals surface area contributed by atoms with Crippen LogP contribution in [-0.2, 0) is 4.79 Å². The van der Waals surface area contributed by atoms with Crippen molar-refractivity contribution in [1.82, 2.24) is 0 Å². The smallest absolute Gasteiger partial charge is 0.148 e. The average molecular weight is 182 g/mol. The van der Waals surface area contributed by atoms with Crippen LogP contribution < -0.4 is 0 Å². The summed E-state index contributed by atoms with van der Waals surface area (Å²) in [6.45, 7) is 13.8. The number of ketones is 1. The van der Waals surface area contributed by atoms with Crippen molar-refractivity contribution in [2.45, 2.75) is 47.5 Å². The highest BCUT2D eigenvalue weighted by molar-refractivity contribution is 5.90. The third-order valence-corrected chi connectivity index (χ3v) is 3.20. The van der Waals surface area contributed by atoms with Crippen LogP contribution in [0.1, 0.15) is 47.5 Å². The summed E-state index contributed by atoms with van der Waals surface area (Å²) < 4.78 is 0. The van der Waals surface area contributed by atoms with Gasteiger partial charge in [-0.2, -0.15) is 0 Å². The molecule has 0 bridgehead atoms. The number of hydrogen-bond donors (Lipinski definition) is 0. The molecule has 0 saturated carbocycles. The average Bonchev–Trinajstić information content (AvgIpc) is 2.15. The standard InChI is InChI=1S/C12H22O/c1-7-11(4,5)10(13)12(6,8-2)9-3/h8H,2,7,9H2,1,3-6H3. The minimum atomic E-state index is -0.348. The largest absolute Gasteiger partial charge is 0.298 e. The quantitative estimate of drug-likeness (QED) is 0.594. The maximum atomic E-state index is 12.1.